The Kier molecular flexibility index (Phi) is 8.32. The number of ether oxygens (including phenoxy) is 2. The molecule has 0 aliphatic rings. The molecule has 0 heterocycles. The zero-order valence-electron chi connectivity index (χ0n) is 15.3. The summed E-state index contributed by atoms with van der Waals surface area (Å²) in [6, 6.07) is 8.19. The van der Waals surface area contributed by atoms with Gasteiger partial charge >= 0.3 is 6.61 Å². The van der Waals surface area contributed by atoms with E-state index >= 15 is 0 Å². The minimum Gasteiger partial charge on any atom is -0.493 e. The van der Waals surface area contributed by atoms with Gasteiger partial charge in [0.15, 0.2) is 11.5 Å². The Hall–Kier alpha value is -2.75. The average Bonchev–Trinajstić information content (AvgIpc) is 2.68. The third-order valence-electron chi connectivity index (χ3n) is 3.78. The van der Waals surface area contributed by atoms with Gasteiger partial charge in [-0.1, -0.05) is 15.9 Å². The standard InChI is InChI=1S/C19H18BrF3N2O4/c1-28-16-9-12(2-5-15(16)29-19(22)23)18(27)25-10-17(26)24-7-6-11-8-13(20)3-4-14(11)21/h2-5,8-9,19H,6-7,10H2,1H3,(H,24,26)(H,25,27). The van der Waals surface area contributed by atoms with E-state index in [4.69, 9.17) is 4.74 Å². The van der Waals surface area contributed by atoms with Crippen LogP contribution in [0.1, 0.15) is 15.9 Å². The van der Waals surface area contributed by atoms with Gasteiger partial charge in [0.2, 0.25) is 5.91 Å². The van der Waals surface area contributed by atoms with E-state index in [0.29, 0.717) is 5.56 Å². The summed E-state index contributed by atoms with van der Waals surface area (Å²) in [6.45, 7) is -3.15. The molecule has 29 heavy (non-hydrogen) atoms. The van der Waals surface area contributed by atoms with E-state index in [1.807, 2.05) is 0 Å². The van der Waals surface area contributed by atoms with Crippen molar-refractivity contribution in [3.05, 3.63) is 57.8 Å². The lowest BCUT2D eigenvalue weighted by Crippen LogP contribution is -2.37. The zero-order chi connectivity index (χ0) is 21.4. The number of hydrogen-bond acceptors (Lipinski definition) is 4. The van der Waals surface area contributed by atoms with Crippen molar-refractivity contribution in [3.8, 4) is 11.5 Å². The van der Waals surface area contributed by atoms with Gasteiger partial charge < -0.3 is 20.1 Å². The Morgan fingerprint density at radius 3 is 2.55 bits per heavy atom. The molecular formula is C19H18BrF3N2O4. The molecule has 0 aromatic heterocycles. The lowest BCUT2D eigenvalue weighted by atomic mass is 10.1. The topological polar surface area (TPSA) is 76.7 Å². The number of amides is 2. The van der Waals surface area contributed by atoms with Gasteiger partial charge in [0.25, 0.3) is 5.91 Å². The van der Waals surface area contributed by atoms with Crippen molar-refractivity contribution < 1.29 is 32.2 Å². The highest BCUT2D eigenvalue weighted by molar-refractivity contribution is 9.10. The van der Waals surface area contributed by atoms with Crippen LogP contribution in [0.2, 0.25) is 0 Å². The Bertz CT molecular complexity index is 881. The number of carbonyl (C=O) groups is 2. The molecule has 0 aliphatic heterocycles. The van der Waals surface area contributed by atoms with E-state index in [2.05, 4.69) is 31.3 Å². The van der Waals surface area contributed by atoms with Gasteiger partial charge in [0.1, 0.15) is 5.82 Å². The largest absolute Gasteiger partial charge is 0.493 e. The normalized spacial score (nSPS) is 10.6. The fourth-order valence-electron chi connectivity index (χ4n) is 2.40. The van der Waals surface area contributed by atoms with E-state index < -0.39 is 18.4 Å². The molecule has 2 amide bonds. The van der Waals surface area contributed by atoms with Crippen molar-refractivity contribution in [2.45, 2.75) is 13.0 Å². The maximum atomic E-state index is 13.6. The number of alkyl halides is 2. The van der Waals surface area contributed by atoms with Gasteiger partial charge in [-0.05, 0) is 48.4 Å². The predicted octanol–water partition coefficient (Wildman–Crippen LogP) is 3.29. The van der Waals surface area contributed by atoms with Gasteiger partial charge in [-0.2, -0.15) is 8.78 Å². The molecule has 2 aromatic carbocycles. The molecule has 0 atom stereocenters. The molecule has 156 valence electrons. The highest BCUT2D eigenvalue weighted by Crippen LogP contribution is 2.29. The first kappa shape index (κ1) is 22.5. The first-order chi connectivity index (χ1) is 13.8. The van der Waals surface area contributed by atoms with Crippen LogP contribution in [0.5, 0.6) is 11.5 Å². The van der Waals surface area contributed by atoms with Crippen molar-refractivity contribution >= 4 is 27.7 Å². The summed E-state index contributed by atoms with van der Waals surface area (Å²) < 4.78 is 48.2. The number of halogens is 4. The van der Waals surface area contributed by atoms with Crippen LogP contribution in [-0.2, 0) is 11.2 Å². The van der Waals surface area contributed by atoms with Crippen LogP contribution in [-0.4, -0.2) is 38.6 Å². The highest BCUT2D eigenvalue weighted by atomic mass is 79.9. The molecule has 0 saturated carbocycles. The van der Waals surface area contributed by atoms with Crippen molar-refractivity contribution in [3.63, 3.8) is 0 Å². The molecule has 0 saturated heterocycles. The molecule has 2 aromatic rings. The third kappa shape index (κ3) is 6.97. The lowest BCUT2D eigenvalue weighted by molar-refractivity contribution is -0.120. The summed E-state index contributed by atoms with van der Waals surface area (Å²) in [6.07, 6.45) is 0.285. The first-order valence-corrected chi connectivity index (χ1v) is 9.21. The molecule has 0 bridgehead atoms. The fourth-order valence-corrected chi connectivity index (χ4v) is 2.81. The van der Waals surface area contributed by atoms with Crippen LogP contribution < -0.4 is 20.1 Å². The second-order valence-corrected chi connectivity index (χ2v) is 6.68. The molecule has 0 aliphatic carbocycles. The number of nitrogens with one attached hydrogen (secondary N) is 2. The molecule has 0 fully saturated rings. The van der Waals surface area contributed by atoms with E-state index in [1.165, 1.54) is 31.4 Å². The molecule has 0 spiro atoms. The summed E-state index contributed by atoms with van der Waals surface area (Å²) in [5.41, 5.74) is 0.550. The Labute approximate surface area is 173 Å². The highest BCUT2D eigenvalue weighted by Gasteiger charge is 2.15. The smallest absolute Gasteiger partial charge is 0.387 e. The minimum absolute atomic E-state index is 0.0431. The maximum absolute atomic E-state index is 13.6. The van der Waals surface area contributed by atoms with Gasteiger partial charge in [-0.25, -0.2) is 4.39 Å². The number of hydrogen-bond donors (Lipinski definition) is 2. The summed E-state index contributed by atoms with van der Waals surface area (Å²) in [5.74, 6) is -1.68. The second-order valence-electron chi connectivity index (χ2n) is 5.76. The summed E-state index contributed by atoms with van der Waals surface area (Å²) in [7, 11) is 1.25. The molecule has 2 N–H and O–H groups in total. The molecular weight excluding hydrogens is 457 g/mol. The summed E-state index contributed by atoms with van der Waals surface area (Å²) in [4.78, 5) is 24.0. The zero-order valence-corrected chi connectivity index (χ0v) is 16.9. The fraction of sp³-hybridized carbons (Fsp3) is 0.263. The van der Waals surface area contributed by atoms with E-state index in [9.17, 15) is 22.8 Å². The lowest BCUT2D eigenvalue weighted by Gasteiger charge is -2.12. The summed E-state index contributed by atoms with van der Waals surface area (Å²) >= 11 is 3.25. The van der Waals surface area contributed by atoms with Crippen LogP contribution in [0, 0.1) is 5.82 Å². The van der Waals surface area contributed by atoms with E-state index in [-0.39, 0.29) is 42.4 Å². The van der Waals surface area contributed by atoms with Gasteiger partial charge in [0.05, 0.1) is 13.7 Å². The molecule has 10 heteroatoms. The minimum atomic E-state index is -3.03. The van der Waals surface area contributed by atoms with Crippen LogP contribution in [0.3, 0.4) is 0 Å². The van der Waals surface area contributed by atoms with Crippen LogP contribution in [0.25, 0.3) is 0 Å². The molecule has 6 nitrogen and oxygen atoms in total. The second kappa shape index (κ2) is 10.7. The monoisotopic (exact) mass is 474 g/mol. The van der Waals surface area contributed by atoms with Gasteiger partial charge in [-0.3, -0.25) is 9.59 Å². The predicted molar refractivity (Wildman–Crippen MR) is 103 cm³/mol. The average molecular weight is 475 g/mol. The first-order valence-electron chi connectivity index (χ1n) is 8.42. The van der Waals surface area contributed by atoms with Crippen LogP contribution in [0.4, 0.5) is 13.2 Å². The quantitative estimate of drug-likeness (QED) is 0.584. The van der Waals surface area contributed by atoms with Crippen LogP contribution in [0.15, 0.2) is 40.9 Å². The van der Waals surface area contributed by atoms with Crippen LogP contribution >= 0.6 is 15.9 Å². The molecule has 0 unspecified atom stereocenters. The van der Waals surface area contributed by atoms with Crippen molar-refractivity contribution in [2.24, 2.45) is 0 Å². The number of benzene rings is 2. The maximum Gasteiger partial charge on any atom is 0.387 e. The van der Waals surface area contributed by atoms with Crippen molar-refractivity contribution in [1.82, 2.24) is 10.6 Å². The number of carbonyl (C=O) groups excluding carboxylic acids is 2. The van der Waals surface area contributed by atoms with E-state index in [0.717, 1.165) is 4.47 Å². The molecule has 2 rings (SSSR count). The third-order valence-corrected chi connectivity index (χ3v) is 4.27. The Morgan fingerprint density at radius 1 is 1.10 bits per heavy atom. The number of methoxy groups -OCH3 is 1. The van der Waals surface area contributed by atoms with Gasteiger partial charge in [-0.15, -0.1) is 0 Å². The molecule has 0 radical (unpaired) electrons. The van der Waals surface area contributed by atoms with E-state index in [1.54, 1.807) is 12.1 Å². The Balaban J connectivity index is 1.83. The Morgan fingerprint density at radius 2 is 1.86 bits per heavy atom. The SMILES string of the molecule is COc1cc(C(=O)NCC(=O)NCCc2cc(Br)ccc2F)ccc1OC(F)F. The number of rotatable bonds is 9. The van der Waals surface area contributed by atoms with Gasteiger partial charge in [0, 0.05) is 16.6 Å². The summed E-state index contributed by atoms with van der Waals surface area (Å²) in [5, 5.41) is 4.98. The van der Waals surface area contributed by atoms with Crippen molar-refractivity contribution in [1.29, 1.82) is 0 Å². The van der Waals surface area contributed by atoms with Crippen molar-refractivity contribution in [2.75, 3.05) is 20.2 Å².